The first kappa shape index (κ1) is 13.6. The number of carbonyl (C=O) groups is 3. The highest BCUT2D eigenvalue weighted by atomic mass is 16.7. The van der Waals surface area contributed by atoms with E-state index < -0.39 is 51.8 Å². The van der Waals surface area contributed by atoms with Crippen molar-refractivity contribution in [1.29, 1.82) is 0 Å². The second kappa shape index (κ2) is 4.37. The average Bonchev–Trinajstić information content (AvgIpc) is 2.81. The van der Waals surface area contributed by atoms with Crippen LogP contribution in [0.1, 0.15) is 12.0 Å². The summed E-state index contributed by atoms with van der Waals surface area (Å²) in [6.07, 6.45) is -2.05. The van der Waals surface area contributed by atoms with E-state index >= 15 is 0 Å². The second-order valence-corrected chi connectivity index (χ2v) is 4.02. The van der Waals surface area contributed by atoms with E-state index in [9.17, 15) is 28.8 Å². The van der Waals surface area contributed by atoms with E-state index in [1.165, 1.54) is 0 Å². The molecule has 1 saturated heterocycles. The molecule has 0 radical (unpaired) electrons. The number of imide groups is 1. The Morgan fingerprint density at radius 1 is 1.20 bits per heavy atom. The molecule has 1 aliphatic heterocycles. The number of nitrogens with one attached hydrogen (secondary N) is 1. The van der Waals surface area contributed by atoms with Gasteiger partial charge in [0.15, 0.2) is 0 Å². The van der Waals surface area contributed by atoms with Crippen molar-refractivity contribution in [3.05, 3.63) is 42.3 Å². The summed E-state index contributed by atoms with van der Waals surface area (Å²) < 4.78 is 8.90. The maximum Gasteiger partial charge on any atom is 0.509 e. The highest BCUT2D eigenvalue weighted by Crippen LogP contribution is 2.31. The lowest BCUT2D eigenvalue weighted by Gasteiger charge is -2.22. The Hall–Kier alpha value is -2.84. The van der Waals surface area contributed by atoms with Crippen LogP contribution >= 0.6 is 0 Å². The summed E-state index contributed by atoms with van der Waals surface area (Å²) in [6.45, 7) is 0. The van der Waals surface area contributed by atoms with Crippen LogP contribution < -0.4 is 21.6 Å². The third kappa shape index (κ3) is 1.79. The maximum atomic E-state index is 11.8. The lowest BCUT2D eigenvalue weighted by Crippen LogP contribution is -2.44. The number of hydrogen-bond acceptors (Lipinski definition) is 8. The molecule has 0 saturated carbocycles. The van der Waals surface area contributed by atoms with Crippen molar-refractivity contribution in [2.24, 2.45) is 0 Å². The molecule has 2 rings (SSSR count). The largest absolute Gasteiger partial charge is 0.509 e. The van der Waals surface area contributed by atoms with E-state index in [2.05, 4.69) is 4.74 Å². The van der Waals surface area contributed by atoms with Gasteiger partial charge >= 0.3 is 6.16 Å². The molecule has 0 spiro atoms. The monoisotopic (exact) mass is 281 g/mol. The van der Waals surface area contributed by atoms with Crippen molar-refractivity contribution in [2.75, 3.05) is 7.11 Å². The highest BCUT2D eigenvalue weighted by Gasteiger charge is 2.54. The third-order valence-corrected chi connectivity index (χ3v) is 2.84. The van der Waals surface area contributed by atoms with Crippen LogP contribution in [0.2, 0.25) is 0 Å². The van der Waals surface area contributed by atoms with Crippen LogP contribution in [-0.2, 0) is 24.7 Å². The first-order chi connectivity index (χ1) is 9.31. The first-order valence-corrected chi connectivity index (χ1v) is 5.28. The third-order valence-electron chi connectivity index (χ3n) is 2.84. The zero-order valence-corrected chi connectivity index (χ0v) is 10.1. The zero-order chi connectivity index (χ0) is 15.1. The quantitative estimate of drug-likeness (QED) is 0.362. The van der Waals surface area contributed by atoms with E-state index in [1.807, 2.05) is 5.32 Å². The van der Waals surface area contributed by atoms with Crippen LogP contribution in [0.4, 0.5) is 4.79 Å². The molecular formula is C11H7NO8. The molecule has 20 heavy (non-hydrogen) atoms. The predicted octanol–water partition coefficient (Wildman–Crippen LogP) is -2.33. The molecule has 1 unspecified atom stereocenters. The molecule has 2 amide bonds. The smallest absolute Gasteiger partial charge is 0.438 e. The molecule has 104 valence electrons. The van der Waals surface area contributed by atoms with E-state index in [1.54, 1.807) is 0 Å². The fraction of sp³-hybridized carbons (Fsp3) is 0.273. The lowest BCUT2D eigenvalue weighted by atomic mass is 9.93. The summed E-state index contributed by atoms with van der Waals surface area (Å²) in [7, 11) is 0.950. The van der Waals surface area contributed by atoms with Crippen LogP contribution in [0.3, 0.4) is 0 Å². The van der Waals surface area contributed by atoms with Crippen molar-refractivity contribution in [1.82, 2.24) is 5.32 Å². The normalized spacial score (nSPS) is 21.6. The van der Waals surface area contributed by atoms with Crippen molar-refractivity contribution < 1.29 is 23.9 Å². The fourth-order valence-electron chi connectivity index (χ4n) is 1.91. The molecule has 1 heterocycles. The Balaban J connectivity index is 2.67. The number of hydrogen-bond donors (Lipinski definition) is 1. The summed E-state index contributed by atoms with van der Waals surface area (Å²) in [4.78, 5) is 68.4. The molecular weight excluding hydrogens is 274 g/mol. The van der Waals surface area contributed by atoms with E-state index in [-0.39, 0.29) is 0 Å². The van der Waals surface area contributed by atoms with Gasteiger partial charge in [-0.15, -0.1) is 0 Å². The molecule has 1 fully saturated rings. The number of rotatable bonds is 2. The van der Waals surface area contributed by atoms with Gasteiger partial charge in [0.1, 0.15) is 0 Å². The summed E-state index contributed by atoms with van der Waals surface area (Å²) in [6, 6.07) is 0.589. The summed E-state index contributed by atoms with van der Waals surface area (Å²) in [5.41, 5.74) is -6.79. The fourth-order valence-corrected chi connectivity index (χ4v) is 1.91. The average molecular weight is 281 g/mol. The van der Waals surface area contributed by atoms with Gasteiger partial charge in [-0.05, 0) is 0 Å². The van der Waals surface area contributed by atoms with Crippen molar-refractivity contribution in [3.63, 3.8) is 0 Å². The van der Waals surface area contributed by atoms with Crippen LogP contribution in [0.25, 0.3) is 0 Å². The molecule has 9 heteroatoms. The molecule has 0 aromatic heterocycles. The Labute approximate surface area is 109 Å². The minimum Gasteiger partial charge on any atom is -0.438 e. The summed E-state index contributed by atoms with van der Waals surface area (Å²) in [5.74, 6) is -1.94. The summed E-state index contributed by atoms with van der Waals surface area (Å²) in [5, 5.41) is 1.84. The van der Waals surface area contributed by atoms with E-state index in [4.69, 9.17) is 4.74 Å². The number of ether oxygens (including phenoxy) is 2. The van der Waals surface area contributed by atoms with Gasteiger partial charge in [-0.3, -0.25) is 29.3 Å². The number of amides is 2. The lowest BCUT2D eigenvalue weighted by molar-refractivity contribution is -0.138. The zero-order valence-electron chi connectivity index (χ0n) is 10.1. The van der Waals surface area contributed by atoms with Crippen molar-refractivity contribution in [3.8, 4) is 0 Å². The van der Waals surface area contributed by atoms with Gasteiger partial charge in [-0.1, -0.05) is 0 Å². The van der Waals surface area contributed by atoms with Gasteiger partial charge in [0, 0.05) is 6.07 Å². The molecule has 1 N–H and O–H groups in total. The SMILES string of the molecule is COC(=O)OC1(c2cc(=O)c(=O)c2=O)CC(=O)NC1=O. The van der Waals surface area contributed by atoms with Crippen LogP contribution in [0, 0.1) is 0 Å². The van der Waals surface area contributed by atoms with E-state index in [0.29, 0.717) is 6.07 Å². The standard InChI is InChI=1S/C11H7NO8/c1-19-10(18)20-11(3-6(14)12-9(11)17)4-2-5(13)8(16)7(4)15/h2H,3H2,1H3,(H,12,14,17). The van der Waals surface area contributed by atoms with Crippen LogP contribution in [0.15, 0.2) is 20.4 Å². The van der Waals surface area contributed by atoms with Crippen molar-refractivity contribution >= 4 is 18.0 Å². The van der Waals surface area contributed by atoms with Gasteiger partial charge in [-0.25, -0.2) is 4.79 Å². The number of methoxy groups -OCH3 is 1. The van der Waals surface area contributed by atoms with Gasteiger partial charge in [0.25, 0.3) is 11.3 Å². The molecule has 1 aromatic carbocycles. The van der Waals surface area contributed by atoms with Gasteiger partial charge in [-0.2, -0.15) is 0 Å². The molecule has 0 bridgehead atoms. The Morgan fingerprint density at radius 3 is 2.25 bits per heavy atom. The first-order valence-electron chi connectivity index (χ1n) is 5.28. The molecule has 1 atom stereocenters. The Kier molecular flexibility index (Phi) is 2.97. The van der Waals surface area contributed by atoms with Gasteiger partial charge < -0.3 is 9.47 Å². The molecule has 1 aliphatic rings. The topological polar surface area (TPSA) is 133 Å². The van der Waals surface area contributed by atoms with E-state index in [0.717, 1.165) is 7.11 Å². The summed E-state index contributed by atoms with van der Waals surface area (Å²) >= 11 is 0. The van der Waals surface area contributed by atoms with Crippen molar-refractivity contribution in [2.45, 2.75) is 12.0 Å². The minimum atomic E-state index is -2.34. The molecule has 1 aromatic rings. The van der Waals surface area contributed by atoms with Gasteiger partial charge in [0.05, 0.1) is 19.1 Å². The Bertz CT molecular complexity index is 756. The molecule has 9 nitrogen and oxygen atoms in total. The Morgan fingerprint density at radius 2 is 1.85 bits per heavy atom. The molecule has 0 aliphatic carbocycles. The van der Waals surface area contributed by atoms with Crippen LogP contribution in [-0.4, -0.2) is 25.1 Å². The number of carbonyl (C=O) groups excluding carboxylic acids is 3. The highest BCUT2D eigenvalue weighted by molar-refractivity contribution is 6.08. The minimum absolute atomic E-state index is 0.589. The maximum absolute atomic E-state index is 11.8. The second-order valence-electron chi connectivity index (χ2n) is 4.02. The van der Waals surface area contributed by atoms with Gasteiger partial charge in [0.2, 0.25) is 22.4 Å². The predicted molar refractivity (Wildman–Crippen MR) is 60.6 cm³/mol. The van der Waals surface area contributed by atoms with Crippen LogP contribution in [0.5, 0.6) is 0 Å².